The molecule has 1 aliphatic rings. The lowest BCUT2D eigenvalue weighted by Crippen LogP contribution is -2.52. The van der Waals surface area contributed by atoms with Crippen LogP contribution in [0.25, 0.3) is 0 Å². The molecule has 0 bridgehead atoms. The highest BCUT2D eigenvalue weighted by Crippen LogP contribution is 2.20. The van der Waals surface area contributed by atoms with E-state index < -0.39 is 4.92 Å². The smallest absolute Gasteiger partial charge is 0.269 e. The molecule has 9 heteroatoms. The van der Waals surface area contributed by atoms with Crippen molar-refractivity contribution >= 4 is 57.2 Å². The van der Waals surface area contributed by atoms with Gasteiger partial charge in [-0.2, -0.15) is 0 Å². The number of non-ortho nitro benzene ring substituents is 1. The lowest BCUT2D eigenvalue weighted by Gasteiger charge is -2.37. The lowest BCUT2D eigenvalue weighted by atomic mass is 10.2. The molecule has 140 valence electrons. The summed E-state index contributed by atoms with van der Waals surface area (Å²) in [6.45, 7) is 2.78. The number of piperazine rings is 1. The summed E-state index contributed by atoms with van der Waals surface area (Å²) in [4.78, 5) is 26.9. The van der Waals surface area contributed by atoms with E-state index in [1.54, 1.807) is 18.2 Å². The second kappa shape index (κ2) is 8.61. The highest BCUT2D eigenvalue weighted by molar-refractivity contribution is 14.1. The van der Waals surface area contributed by atoms with Crippen LogP contribution in [0.4, 0.5) is 11.4 Å². The molecule has 1 fully saturated rings. The number of nitrogens with zero attached hydrogens (tertiary/aromatic N) is 3. The third-order valence-electron chi connectivity index (χ3n) is 4.33. The summed E-state index contributed by atoms with van der Waals surface area (Å²) in [5, 5.41) is 14.0. The SMILES string of the molecule is O=C(NC(=S)N1CCN(c2ccc([N+](=O)[O-])cc2)CC1)c1ccccc1I. The van der Waals surface area contributed by atoms with Gasteiger partial charge in [-0.3, -0.25) is 20.2 Å². The maximum Gasteiger partial charge on any atom is 0.269 e. The molecule has 7 nitrogen and oxygen atoms in total. The number of nitro benzene ring substituents is 1. The van der Waals surface area contributed by atoms with Crippen LogP contribution in [-0.4, -0.2) is 47.0 Å². The number of thiocarbonyl (C=S) groups is 1. The number of carbonyl (C=O) groups excluding carboxylic acids is 1. The first kappa shape index (κ1) is 19.5. The van der Waals surface area contributed by atoms with Gasteiger partial charge < -0.3 is 9.80 Å². The highest BCUT2D eigenvalue weighted by Gasteiger charge is 2.21. The van der Waals surface area contributed by atoms with Crippen LogP contribution < -0.4 is 10.2 Å². The summed E-state index contributed by atoms with van der Waals surface area (Å²) in [6, 6.07) is 13.9. The molecule has 0 spiro atoms. The maximum absolute atomic E-state index is 12.4. The first-order valence-electron chi connectivity index (χ1n) is 8.30. The van der Waals surface area contributed by atoms with Crippen molar-refractivity contribution in [1.29, 1.82) is 0 Å². The fourth-order valence-corrected chi connectivity index (χ4v) is 3.75. The average Bonchev–Trinajstić information content (AvgIpc) is 2.68. The van der Waals surface area contributed by atoms with Gasteiger partial charge in [-0.15, -0.1) is 0 Å². The number of hydrogen-bond acceptors (Lipinski definition) is 5. The molecule has 1 saturated heterocycles. The van der Waals surface area contributed by atoms with Gasteiger partial charge >= 0.3 is 0 Å². The monoisotopic (exact) mass is 496 g/mol. The number of rotatable bonds is 3. The van der Waals surface area contributed by atoms with E-state index in [0.29, 0.717) is 23.8 Å². The van der Waals surface area contributed by atoms with E-state index in [-0.39, 0.29) is 11.6 Å². The minimum atomic E-state index is -0.406. The number of anilines is 1. The Labute approximate surface area is 175 Å². The van der Waals surface area contributed by atoms with E-state index in [1.165, 1.54) is 12.1 Å². The van der Waals surface area contributed by atoms with Crippen LogP contribution in [0, 0.1) is 13.7 Å². The summed E-state index contributed by atoms with van der Waals surface area (Å²) in [5.41, 5.74) is 1.62. The molecule has 0 saturated carbocycles. The Bertz CT molecular complexity index is 867. The highest BCUT2D eigenvalue weighted by atomic mass is 127. The number of benzene rings is 2. The van der Waals surface area contributed by atoms with Crippen molar-refractivity contribution in [3.05, 3.63) is 67.8 Å². The molecule has 3 rings (SSSR count). The molecule has 1 aliphatic heterocycles. The van der Waals surface area contributed by atoms with Crippen molar-refractivity contribution in [2.24, 2.45) is 0 Å². The number of amides is 1. The third-order valence-corrected chi connectivity index (χ3v) is 5.63. The summed E-state index contributed by atoms with van der Waals surface area (Å²) in [6.07, 6.45) is 0. The fraction of sp³-hybridized carbons (Fsp3) is 0.222. The second-order valence-electron chi connectivity index (χ2n) is 5.99. The fourth-order valence-electron chi connectivity index (χ4n) is 2.84. The molecule has 2 aromatic carbocycles. The summed E-state index contributed by atoms with van der Waals surface area (Å²) in [5.74, 6) is -0.206. The summed E-state index contributed by atoms with van der Waals surface area (Å²) in [7, 11) is 0. The molecule has 1 heterocycles. The van der Waals surface area contributed by atoms with Crippen LogP contribution in [0.1, 0.15) is 10.4 Å². The van der Waals surface area contributed by atoms with E-state index in [0.717, 1.165) is 22.3 Å². The van der Waals surface area contributed by atoms with Gasteiger partial charge in [0.15, 0.2) is 5.11 Å². The van der Waals surface area contributed by atoms with Crippen LogP contribution in [-0.2, 0) is 0 Å². The molecule has 27 heavy (non-hydrogen) atoms. The predicted octanol–water partition coefficient (Wildman–Crippen LogP) is 3.04. The van der Waals surface area contributed by atoms with E-state index >= 15 is 0 Å². The van der Waals surface area contributed by atoms with Gasteiger partial charge in [-0.1, -0.05) is 12.1 Å². The van der Waals surface area contributed by atoms with E-state index in [9.17, 15) is 14.9 Å². The normalized spacial score (nSPS) is 14.0. The quantitative estimate of drug-likeness (QED) is 0.305. The van der Waals surface area contributed by atoms with Crippen molar-refractivity contribution in [1.82, 2.24) is 10.2 Å². The molecule has 1 amide bonds. The van der Waals surface area contributed by atoms with Crippen molar-refractivity contribution < 1.29 is 9.72 Å². The first-order chi connectivity index (χ1) is 13.0. The summed E-state index contributed by atoms with van der Waals surface area (Å²) >= 11 is 7.52. The predicted molar refractivity (Wildman–Crippen MR) is 116 cm³/mol. The van der Waals surface area contributed by atoms with E-state index in [2.05, 4.69) is 32.8 Å². The zero-order valence-corrected chi connectivity index (χ0v) is 17.3. The number of nitro groups is 1. The van der Waals surface area contributed by atoms with Crippen LogP contribution >= 0.6 is 34.8 Å². The second-order valence-corrected chi connectivity index (χ2v) is 7.54. The molecule has 0 radical (unpaired) electrons. The van der Waals surface area contributed by atoms with Crippen molar-refractivity contribution in [2.75, 3.05) is 31.1 Å². The van der Waals surface area contributed by atoms with Gasteiger partial charge in [0.25, 0.3) is 11.6 Å². The van der Waals surface area contributed by atoms with Gasteiger partial charge in [-0.05, 0) is 59.1 Å². The van der Waals surface area contributed by atoms with Gasteiger partial charge in [-0.25, -0.2) is 0 Å². The number of halogens is 1. The van der Waals surface area contributed by atoms with E-state index in [4.69, 9.17) is 12.2 Å². The van der Waals surface area contributed by atoms with Gasteiger partial charge in [0.2, 0.25) is 0 Å². The lowest BCUT2D eigenvalue weighted by molar-refractivity contribution is -0.384. The molecule has 0 aliphatic carbocycles. The standard InChI is InChI=1S/C18H17IN4O3S/c19-16-4-2-1-3-15(16)17(24)20-18(27)22-11-9-21(10-12-22)13-5-7-14(8-6-13)23(25)26/h1-8H,9-12H2,(H,20,24,27). The van der Waals surface area contributed by atoms with Gasteiger partial charge in [0, 0.05) is 47.6 Å². The Hall–Kier alpha value is -2.27. The Morgan fingerprint density at radius 2 is 1.70 bits per heavy atom. The maximum atomic E-state index is 12.4. The van der Waals surface area contributed by atoms with Crippen molar-refractivity contribution in [2.45, 2.75) is 0 Å². The minimum Gasteiger partial charge on any atom is -0.368 e. The van der Waals surface area contributed by atoms with Crippen molar-refractivity contribution in [3.8, 4) is 0 Å². The van der Waals surface area contributed by atoms with Crippen LogP contribution in [0.15, 0.2) is 48.5 Å². The van der Waals surface area contributed by atoms with Crippen LogP contribution in [0.2, 0.25) is 0 Å². The molecular formula is C18H17IN4O3S. The Morgan fingerprint density at radius 1 is 1.07 bits per heavy atom. The number of nitrogens with one attached hydrogen (secondary N) is 1. The van der Waals surface area contributed by atoms with Crippen molar-refractivity contribution in [3.63, 3.8) is 0 Å². The molecular weight excluding hydrogens is 479 g/mol. The Balaban J connectivity index is 1.55. The topological polar surface area (TPSA) is 78.7 Å². The zero-order chi connectivity index (χ0) is 19.4. The van der Waals surface area contributed by atoms with E-state index in [1.807, 2.05) is 23.1 Å². The molecule has 0 unspecified atom stereocenters. The molecule has 0 atom stereocenters. The Morgan fingerprint density at radius 3 is 2.30 bits per heavy atom. The van der Waals surface area contributed by atoms with Crippen LogP contribution in [0.5, 0.6) is 0 Å². The largest absolute Gasteiger partial charge is 0.368 e. The Kier molecular flexibility index (Phi) is 6.22. The minimum absolute atomic E-state index is 0.0804. The zero-order valence-electron chi connectivity index (χ0n) is 14.3. The first-order valence-corrected chi connectivity index (χ1v) is 9.78. The third kappa shape index (κ3) is 4.72. The van der Waals surface area contributed by atoms with Gasteiger partial charge in [0.05, 0.1) is 10.5 Å². The molecule has 0 aromatic heterocycles. The molecule has 1 N–H and O–H groups in total. The number of carbonyl (C=O) groups is 1. The summed E-state index contributed by atoms with van der Waals surface area (Å²) < 4.78 is 0.874. The number of hydrogen-bond donors (Lipinski definition) is 1. The van der Waals surface area contributed by atoms with Crippen LogP contribution in [0.3, 0.4) is 0 Å². The average molecular weight is 496 g/mol. The molecule has 2 aromatic rings. The van der Waals surface area contributed by atoms with Gasteiger partial charge in [0.1, 0.15) is 0 Å².